The van der Waals surface area contributed by atoms with Gasteiger partial charge in [0.15, 0.2) is 0 Å². The van der Waals surface area contributed by atoms with Crippen LogP contribution < -0.4 is 0 Å². The highest BCUT2D eigenvalue weighted by molar-refractivity contribution is 7.86. The highest BCUT2D eigenvalue weighted by Gasteiger charge is 2.39. The molecule has 0 amide bonds. The van der Waals surface area contributed by atoms with Crippen molar-refractivity contribution in [1.82, 2.24) is 18.2 Å². The minimum Gasteiger partial charge on any atom is -0.480 e. The van der Waals surface area contributed by atoms with Crippen molar-refractivity contribution < 1.29 is 18.3 Å². The Bertz CT molecular complexity index is 613. The Morgan fingerprint density at radius 3 is 2.81 bits per heavy atom. The Morgan fingerprint density at radius 1 is 1.52 bits per heavy atom. The normalized spacial score (nSPS) is 20.8. The number of aromatic nitrogens is 2. The monoisotopic (exact) mass is 316 g/mol. The zero-order valence-corrected chi connectivity index (χ0v) is 13.0. The number of aryl methyl sites for hydroxylation is 1. The van der Waals surface area contributed by atoms with E-state index >= 15 is 0 Å². The Kier molecular flexibility index (Phi) is 4.64. The standard InChI is InChI=1S/C12H20N4O4S/c1-14-8-6-13-11(14)9-15(2)21(19,20)16-7-4-3-5-10(16)12(17)18/h6,8,10H,3-5,7,9H2,1-2H3,(H,17,18). The van der Waals surface area contributed by atoms with E-state index in [1.807, 2.05) is 0 Å². The molecule has 1 atom stereocenters. The second kappa shape index (κ2) is 6.12. The summed E-state index contributed by atoms with van der Waals surface area (Å²) in [5.74, 6) is -0.492. The van der Waals surface area contributed by atoms with Gasteiger partial charge in [0, 0.05) is 33.0 Å². The molecule has 1 aromatic heterocycles. The first kappa shape index (κ1) is 15.9. The number of aliphatic carboxylic acids is 1. The van der Waals surface area contributed by atoms with Crippen LogP contribution in [0.1, 0.15) is 25.1 Å². The van der Waals surface area contributed by atoms with Crippen LogP contribution in [0.5, 0.6) is 0 Å². The highest BCUT2D eigenvalue weighted by atomic mass is 32.2. The smallest absolute Gasteiger partial charge is 0.322 e. The molecule has 2 heterocycles. The summed E-state index contributed by atoms with van der Waals surface area (Å²) in [5, 5.41) is 9.21. The molecule has 0 radical (unpaired) electrons. The zero-order chi connectivity index (χ0) is 15.6. The van der Waals surface area contributed by atoms with Gasteiger partial charge in [0.1, 0.15) is 11.9 Å². The number of carboxylic acid groups (broad SMARTS) is 1. The van der Waals surface area contributed by atoms with Crippen molar-refractivity contribution in [3.8, 4) is 0 Å². The molecule has 1 unspecified atom stereocenters. The number of imidazole rings is 1. The molecule has 0 bridgehead atoms. The second-order valence-electron chi connectivity index (χ2n) is 5.18. The molecule has 2 rings (SSSR count). The Morgan fingerprint density at radius 2 is 2.24 bits per heavy atom. The van der Waals surface area contributed by atoms with Crippen molar-refractivity contribution in [2.75, 3.05) is 13.6 Å². The molecule has 1 aromatic rings. The third-order valence-electron chi connectivity index (χ3n) is 3.71. The topological polar surface area (TPSA) is 95.7 Å². The van der Waals surface area contributed by atoms with Crippen molar-refractivity contribution in [2.45, 2.75) is 31.8 Å². The fourth-order valence-electron chi connectivity index (χ4n) is 2.44. The van der Waals surface area contributed by atoms with Gasteiger partial charge in [-0.1, -0.05) is 0 Å². The van der Waals surface area contributed by atoms with E-state index in [4.69, 9.17) is 0 Å². The summed E-state index contributed by atoms with van der Waals surface area (Å²) in [7, 11) is -0.593. The molecule has 0 spiro atoms. The minimum atomic E-state index is -3.82. The van der Waals surface area contributed by atoms with Crippen LogP contribution in [0, 0.1) is 0 Å². The van der Waals surface area contributed by atoms with Crippen LogP contribution in [0.4, 0.5) is 0 Å². The lowest BCUT2D eigenvalue weighted by atomic mass is 10.1. The van der Waals surface area contributed by atoms with Crippen molar-refractivity contribution in [2.24, 2.45) is 7.05 Å². The summed E-state index contributed by atoms with van der Waals surface area (Å²) >= 11 is 0. The molecule has 0 saturated carbocycles. The van der Waals surface area contributed by atoms with Gasteiger partial charge in [-0.3, -0.25) is 4.79 Å². The van der Waals surface area contributed by atoms with Crippen molar-refractivity contribution in [3.05, 3.63) is 18.2 Å². The number of rotatable bonds is 5. The molecule has 1 fully saturated rings. The van der Waals surface area contributed by atoms with E-state index in [9.17, 15) is 18.3 Å². The largest absolute Gasteiger partial charge is 0.480 e. The summed E-state index contributed by atoms with van der Waals surface area (Å²) in [4.78, 5) is 15.4. The van der Waals surface area contributed by atoms with E-state index < -0.39 is 22.2 Å². The molecule has 1 saturated heterocycles. The summed E-state index contributed by atoms with van der Waals surface area (Å²) in [6, 6.07) is -0.979. The van der Waals surface area contributed by atoms with Gasteiger partial charge >= 0.3 is 5.97 Å². The molecule has 9 heteroatoms. The number of carbonyl (C=O) groups is 1. The van der Waals surface area contributed by atoms with Crippen LogP contribution in [-0.2, 0) is 28.6 Å². The molecule has 0 aromatic carbocycles. The summed E-state index contributed by atoms with van der Waals surface area (Å²) in [6.07, 6.45) is 5.09. The maximum absolute atomic E-state index is 12.6. The zero-order valence-electron chi connectivity index (χ0n) is 12.1. The number of piperidine rings is 1. The number of hydrogen-bond donors (Lipinski definition) is 1. The van der Waals surface area contributed by atoms with Gasteiger partial charge in [0.25, 0.3) is 10.2 Å². The van der Waals surface area contributed by atoms with Gasteiger partial charge in [-0.05, 0) is 19.3 Å². The van der Waals surface area contributed by atoms with Crippen molar-refractivity contribution in [3.63, 3.8) is 0 Å². The fourth-order valence-corrected chi connectivity index (χ4v) is 3.95. The molecule has 8 nitrogen and oxygen atoms in total. The van der Waals surface area contributed by atoms with Gasteiger partial charge in [-0.15, -0.1) is 0 Å². The number of nitrogens with zero attached hydrogens (tertiary/aromatic N) is 4. The van der Waals surface area contributed by atoms with Crippen LogP contribution in [-0.4, -0.2) is 57.3 Å². The maximum atomic E-state index is 12.6. The Balaban J connectivity index is 2.19. The minimum absolute atomic E-state index is 0.106. The predicted molar refractivity (Wildman–Crippen MR) is 75.6 cm³/mol. The fraction of sp³-hybridized carbons (Fsp3) is 0.667. The van der Waals surface area contributed by atoms with E-state index in [1.54, 1.807) is 24.0 Å². The lowest BCUT2D eigenvalue weighted by Crippen LogP contribution is -2.52. The second-order valence-corrected chi connectivity index (χ2v) is 7.17. The van der Waals surface area contributed by atoms with Crippen LogP contribution in [0.15, 0.2) is 12.4 Å². The molecular weight excluding hydrogens is 296 g/mol. The van der Waals surface area contributed by atoms with Gasteiger partial charge in [0.2, 0.25) is 0 Å². The lowest BCUT2D eigenvalue weighted by molar-refractivity contribution is -0.142. The van der Waals surface area contributed by atoms with E-state index in [2.05, 4.69) is 4.98 Å². The van der Waals surface area contributed by atoms with Gasteiger partial charge in [-0.25, -0.2) is 4.98 Å². The summed E-state index contributed by atoms with van der Waals surface area (Å²) in [5.41, 5.74) is 0. The highest BCUT2D eigenvalue weighted by Crippen LogP contribution is 2.23. The average molecular weight is 316 g/mol. The first-order valence-corrected chi connectivity index (χ1v) is 8.16. The lowest BCUT2D eigenvalue weighted by Gasteiger charge is -2.34. The average Bonchev–Trinajstić information content (AvgIpc) is 2.84. The van der Waals surface area contributed by atoms with Crippen LogP contribution in [0.25, 0.3) is 0 Å². The van der Waals surface area contributed by atoms with Crippen LogP contribution in [0.2, 0.25) is 0 Å². The van der Waals surface area contributed by atoms with Crippen LogP contribution >= 0.6 is 0 Å². The van der Waals surface area contributed by atoms with Gasteiger partial charge < -0.3 is 9.67 Å². The Hall–Kier alpha value is -1.45. The van der Waals surface area contributed by atoms with Crippen molar-refractivity contribution >= 4 is 16.2 Å². The SMILES string of the molecule is CN(Cc1nccn1C)S(=O)(=O)N1CCCCC1C(=O)O. The molecular formula is C12H20N4O4S. The summed E-state index contributed by atoms with van der Waals surface area (Å²) < 4.78 is 29.1. The third-order valence-corrected chi connectivity index (χ3v) is 5.66. The third kappa shape index (κ3) is 3.25. The van der Waals surface area contributed by atoms with Gasteiger partial charge in [0.05, 0.1) is 6.54 Å². The molecule has 1 N–H and O–H groups in total. The number of carboxylic acids is 1. The van der Waals surface area contributed by atoms with Gasteiger partial charge in [-0.2, -0.15) is 17.0 Å². The predicted octanol–water partition coefficient (Wildman–Crippen LogP) is 0.0358. The quantitative estimate of drug-likeness (QED) is 0.827. The molecule has 21 heavy (non-hydrogen) atoms. The van der Waals surface area contributed by atoms with Crippen molar-refractivity contribution in [1.29, 1.82) is 0 Å². The first-order chi connectivity index (χ1) is 9.84. The maximum Gasteiger partial charge on any atom is 0.322 e. The van der Waals surface area contributed by atoms with E-state index in [1.165, 1.54) is 7.05 Å². The summed E-state index contributed by atoms with van der Waals surface area (Å²) in [6.45, 7) is 0.346. The van der Waals surface area contributed by atoms with E-state index in [-0.39, 0.29) is 13.1 Å². The Labute approximate surface area is 124 Å². The molecule has 1 aliphatic heterocycles. The van der Waals surface area contributed by atoms with E-state index in [0.717, 1.165) is 15.0 Å². The van der Waals surface area contributed by atoms with E-state index in [0.29, 0.717) is 18.7 Å². The van der Waals surface area contributed by atoms with Crippen LogP contribution in [0.3, 0.4) is 0 Å². The number of hydrogen-bond acceptors (Lipinski definition) is 4. The first-order valence-electron chi connectivity index (χ1n) is 6.76. The molecule has 1 aliphatic rings. The molecule has 118 valence electrons. The molecule has 0 aliphatic carbocycles.